The van der Waals surface area contributed by atoms with Gasteiger partial charge in [-0.1, -0.05) is 78.9 Å². The van der Waals surface area contributed by atoms with Crippen LogP contribution < -0.4 is 39.4 Å². The van der Waals surface area contributed by atoms with Crippen LogP contribution in [0.2, 0.25) is 0 Å². The molecule has 12 nitrogen and oxygen atoms in total. The van der Waals surface area contributed by atoms with Crippen molar-refractivity contribution in [1.29, 1.82) is 0 Å². The summed E-state index contributed by atoms with van der Waals surface area (Å²) >= 11 is 0. The zero-order valence-electron chi connectivity index (χ0n) is 43.8. The number of hydrogen-bond acceptors (Lipinski definition) is 12. The second-order valence-corrected chi connectivity index (χ2v) is 19.7. The van der Waals surface area contributed by atoms with Gasteiger partial charge in [0.2, 0.25) is 0 Å². The molecule has 6 aromatic carbocycles. The Morgan fingerprint density at radius 3 is 1.44 bits per heavy atom. The van der Waals surface area contributed by atoms with Crippen LogP contribution in [-0.2, 0) is 45.4 Å². The van der Waals surface area contributed by atoms with E-state index < -0.39 is 0 Å². The molecule has 0 unspecified atom stereocenters. The molecule has 4 heterocycles. The van der Waals surface area contributed by atoms with Gasteiger partial charge < -0.3 is 58.3 Å². The van der Waals surface area contributed by atoms with Gasteiger partial charge in [0, 0.05) is 65.4 Å². The van der Waals surface area contributed by atoms with E-state index in [9.17, 15) is 4.39 Å². The molecule has 0 saturated carbocycles. The van der Waals surface area contributed by atoms with Crippen molar-refractivity contribution in [2.24, 2.45) is 0 Å². The monoisotopic (exact) mass is 1020 g/mol. The molecular formula is C62H75FN4O8. The molecule has 13 heteroatoms. The third-order valence-electron chi connectivity index (χ3n) is 14.5. The van der Waals surface area contributed by atoms with Crippen molar-refractivity contribution in [3.63, 3.8) is 0 Å². The first-order valence-corrected chi connectivity index (χ1v) is 26.9. The van der Waals surface area contributed by atoms with Crippen LogP contribution in [0.5, 0.6) is 23.0 Å². The molecule has 398 valence electrons. The Morgan fingerprint density at radius 2 is 0.973 bits per heavy atom. The van der Waals surface area contributed by atoms with Gasteiger partial charge in [-0.05, 0) is 133 Å². The highest BCUT2D eigenvalue weighted by atomic mass is 19.1. The molecule has 0 bridgehead atoms. The first-order chi connectivity index (χ1) is 37.0. The number of nitrogens with one attached hydrogen (secondary N) is 2. The van der Waals surface area contributed by atoms with E-state index in [2.05, 4.69) is 105 Å². The fourth-order valence-corrected chi connectivity index (χ4v) is 10.4. The first kappa shape index (κ1) is 53.6. The lowest BCUT2D eigenvalue weighted by Gasteiger charge is -2.33. The van der Waals surface area contributed by atoms with Crippen LogP contribution in [0, 0.1) is 5.82 Å². The van der Waals surface area contributed by atoms with Crippen molar-refractivity contribution in [2.45, 2.75) is 76.2 Å². The molecule has 4 aliphatic heterocycles. The number of anilines is 2. The van der Waals surface area contributed by atoms with Gasteiger partial charge in [0.15, 0.2) is 0 Å². The number of halogens is 1. The molecule has 2 fully saturated rings. The van der Waals surface area contributed by atoms with E-state index in [-0.39, 0.29) is 18.0 Å². The van der Waals surface area contributed by atoms with Crippen LogP contribution in [0.4, 0.5) is 15.8 Å². The van der Waals surface area contributed by atoms with E-state index in [1.54, 1.807) is 26.4 Å². The summed E-state index contributed by atoms with van der Waals surface area (Å²) in [4.78, 5) is 4.78. The van der Waals surface area contributed by atoms with Gasteiger partial charge in [-0.15, -0.1) is 0 Å². The second-order valence-electron chi connectivity index (χ2n) is 19.7. The molecule has 2 saturated heterocycles. The van der Waals surface area contributed by atoms with Crippen molar-refractivity contribution in [3.05, 3.63) is 179 Å². The maximum atomic E-state index is 13.1. The smallest absolute Gasteiger partial charge is 0.142 e. The number of piperidine rings is 2. The lowest BCUT2D eigenvalue weighted by atomic mass is 9.87. The Kier molecular flexibility index (Phi) is 20.1. The zero-order chi connectivity index (χ0) is 51.4. The molecule has 2 N–H and O–H groups in total. The van der Waals surface area contributed by atoms with E-state index in [0.717, 1.165) is 138 Å². The van der Waals surface area contributed by atoms with Crippen LogP contribution >= 0.6 is 0 Å². The molecule has 4 aliphatic rings. The quantitative estimate of drug-likeness (QED) is 0.0633. The third-order valence-corrected chi connectivity index (χ3v) is 14.5. The first-order valence-electron chi connectivity index (χ1n) is 26.9. The Morgan fingerprint density at radius 1 is 0.520 bits per heavy atom. The number of nitrogens with zero attached hydrogens (tertiary/aromatic N) is 2. The molecule has 0 aliphatic carbocycles. The average molecular weight is 1020 g/mol. The van der Waals surface area contributed by atoms with Crippen molar-refractivity contribution in [3.8, 4) is 23.0 Å². The molecule has 0 aromatic heterocycles. The fraction of sp³-hybridized carbons (Fsp3) is 0.419. The third kappa shape index (κ3) is 15.5. The zero-order valence-corrected chi connectivity index (χ0v) is 43.8. The molecule has 0 radical (unpaired) electrons. The maximum Gasteiger partial charge on any atom is 0.142 e. The summed E-state index contributed by atoms with van der Waals surface area (Å²) in [5.74, 6) is 3.89. The van der Waals surface area contributed by atoms with Gasteiger partial charge in [0.25, 0.3) is 0 Å². The van der Waals surface area contributed by atoms with Crippen LogP contribution in [-0.4, -0.2) is 105 Å². The van der Waals surface area contributed by atoms with Crippen molar-refractivity contribution < 1.29 is 42.3 Å². The highest BCUT2D eigenvalue weighted by molar-refractivity contribution is 5.62. The number of ether oxygens (including phenoxy) is 8. The Balaban J connectivity index is 0.000000184. The van der Waals surface area contributed by atoms with Gasteiger partial charge in [0.05, 0.1) is 49.9 Å². The lowest BCUT2D eigenvalue weighted by Crippen LogP contribution is -2.41. The normalized spacial score (nSPS) is 19.1. The predicted octanol–water partition coefficient (Wildman–Crippen LogP) is 10.5. The highest BCUT2D eigenvalue weighted by Gasteiger charge is 2.29. The number of fused-ring (bicyclic) bond motifs is 2. The number of methoxy groups -OCH3 is 2. The summed E-state index contributed by atoms with van der Waals surface area (Å²) in [6.45, 7) is 12.5. The maximum absolute atomic E-state index is 13.1. The lowest BCUT2D eigenvalue weighted by molar-refractivity contribution is 0.0105. The molecule has 0 amide bonds. The van der Waals surface area contributed by atoms with E-state index in [0.29, 0.717) is 50.6 Å². The van der Waals surface area contributed by atoms with Crippen molar-refractivity contribution in [2.75, 3.05) is 103 Å². The van der Waals surface area contributed by atoms with Gasteiger partial charge >= 0.3 is 0 Å². The van der Waals surface area contributed by atoms with E-state index >= 15 is 0 Å². The number of hydrogen-bond donors (Lipinski definition) is 2. The molecule has 0 spiro atoms. The fourth-order valence-electron chi connectivity index (χ4n) is 10.4. The minimum atomic E-state index is -0.263. The molecule has 10 rings (SSSR count). The molecule has 4 atom stereocenters. The van der Waals surface area contributed by atoms with Crippen LogP contribution in [0.15, 0.2) is 140 Å². The van der Waals surface area contributed by atoms with E-state index in [1.807, 2.05) is 30.3 Å². The summed E-state index contributed by atoms with van der Waals surface area (Å²) in [5, 5.41) is 7.02. The average Bonchev–Trinajstić information content (AvgIpc) is 3.46. The predicted molar refractivity (Wildman–Crippen MR) is 293 cm³/mol. The number of benzene rings is 6. The topological polar surface area (TPSA) is 104 Å². The number of para-hydroxylation sites is 1. The summed E-state index contributed by atoms with van der Waals surface area (Å²) in [6, 6.07) is 46.3. The van der Waals surface area contributed by atoms with Gasteiger partial charge in [-0.2, -0.15) is 0 Å². The number of rotatable bonds is 22. The van der Waals surface area contributed by atoms with Crippen LogP contribution in [0.1, 0.15) is 70.9 Å². The molecule has 75 heavy (non-hydrogen) atoms. The molecular weight excluding hydrogens is 948 g/mol. The summed E-state index contributed by atoms with van der Waals surface area (Å²) in [7, 11) is 3.50. The largest absolute Gasteiger partial charge is 0.490 e. The van der Waals surface area contributed by atoms with Crippen LogP contribution in [0.3, 0.4) is 0 Å². The molecule has 6 aromatic rings. The summed E-state index contributed by atoms with van der Waals surface area (Å²) in [6.07, 6.45) is 4.31. The van der Waals surface area contributed by atoms with Gasteiger partial charge in [-0.25, -0.2) is 4.39 Å². The second kappa shape index (κ2) is 28.1. The highest BCUT2D eigenvalue weighted by Crippen LogP contribution is 2.36. The van der Waals surface area contributed by atoms with Crippen molar-refractivity contribution in [1.82, 2.24) is 10.6 Å². The van der Waals surface area contributed by atoms with Gasteiger partial charge in [-0.3, -0.25) is 0 Å². The van der Waals surface area contributed by atoms with E-state index in [1.165, 1.54) is 34.4 Å². The SMILES string of the molecule is COCCCN1CCOc2ccc(CO[C@H]3CNCC[C@@H]3c3ccc(COc4ccc(F)cc4)cc3)cc21.COCCCN1CCOc2ccc(CO[C@H]3CNCC[C@@H]3c3ccc(COc4ccccc4)cc3)cc21. The minimum absolute atomic E-state index is 0.0927. The Labute approximate surface area is 443 Å². The van der Waals surface area contributed by atoms with Crippen LogP contribution in [0.25, 0.3) is 0 Å². The standard InChI is InChI=1S/C31H37FN2O4.C31H38N2O4/c1-35-17-2-15-34-16-18-36-30-12-5-24(19-29(30)34)22-38-31-20-33-14-13-28(31)25-6-3-23(4-7-25)21-37-27-10-8-26(32)9-11-27;1-34-18-5-16-33-17-19-35-30-13-10-25(20-29(30)33)23-37-31-21-32-15-14-28(31)26-11-8-24(9-12-26)22-36-27-6-3-2-4-7-27/h3-12,19,28,31,33H,2,13-18,20-22H2,1H3;2-4,6-13,20,28,31-32H,5,14-19,21-23H2,1H3/t2*28-,31+/m11/s1. The minimum Gasteiger partial charge on any atom is -0.490 e. The van der Waals surface area contributed by atoms with Gasteiger partial charge in [0.1, 0.15) is 55.2 Å². The summed E-state index contributed by atoms with van der Waals surface area (Å²) < 4.78 is 60.1. The van der Waals surface area contributed by atoms with Crippen molar-refractivity contribution >= 4 is 11.4 Å². The summed E-state index contributed by atoms with van der Waals surface area (Å²) in [5.41, 5.74) is 9.51. The van der Waals surface area contributed by atoms with E-state index in [4.69, 9.17) is 37.9 Å². The Bertz CT molecular complexity index is 2630. The Hall–Kier alpha value is -6.19.